The fourth-order valence-corrected chi connectivity index (χ4v) is 3.91. The Morgan fingerprint density at radius 1 is 0.951 bits per heavy atom. The molecule has 9 nitrogen and oxygen atoms in total. The van der Waals surface area contributed by atoms with Crippen molar-refractivity contribution in [3.05, 3.63) is 91.0 Å². The molecule has 0 heterocycles. The summed E-state index contributed by atoms with van der Waals surface area (Å²) in [5.74, 6) is -0.921. The summed E-state index contributed by atoms with van der Waals surface area (Å²) in [4.78, 5) is 37.8. The van der Waals surface area contributed by atoms with Crippen LogP contribution in [0.5, 0.6) is 5.75 Å². The smallest absolute Gasteiger partial charge is 0.306 e. The third-order valence-corrected chi connectivity index (χ3v) is 6.06. The Balaban J connectivity index is 2.00. The van der Waals surface area contributed by atoms with Crippen molar-refractivity contribution in [2.45, 2.75) is 44.8 Å². The largest absolute Gasteiger partial charge is 0.489 e. The van der Waals surface area contributed by atoms with Crippen LogP contribution in [0.15, 0.2) is 79.9 Å². The van der Waals surface area contributed by atoms with Crippen LogP contribution in [0.1, 0.15) is 36.8 Å². The molecule has 222 valence electrons. The highest BCUT2D eigenvalue weighted by Gasteiger charge is 2.24. The zero-order chi connectivity index (χ0) is 29.7. The summed E-state index contributed by atoms with van der Waals surface area (Å²) in [6.07, 6.45) is 4.64. The van der Waals surface area contributed by atoms with E-state index in [1.54, 1.807) is 12.2 Å². The van der Waals surface area contributed by atoms with Crippen molar-refractivity contribution in [2.75, 3.05) is 33.0 Å². The van der Waals surface area contributed by atoms with E-state index in [-0.39, 0.29) is 63.6 Å². The first-order valence-electron chi connectivity index (χ1n) is 13.8. The molecule has 0 fully saturated rings. The van der Waals surface area contributed by atoms with Gasteiger partial charge in [-0.15, -0.1) is 13.2 Å². The Morgan fingerprint density at radius 3 is 2.39 bits per heavy atom. The van der Waals surface area contributed by atoms with Crippen molar-refractivity contribution in [2.24, 2.45) is 5.92 Å². The molecule has 2 amide bonds. The summed E-state index contributed by atoms with van der Waals surface area (Å²) >= 11 is 0. The second kappa shape index (κ2) is 20.0. The molecule has 0 aliphatic rings. The van der Waals surface area contributed by atoms with Crippen molar-refractivity contribution in [3.8, 4) is 5.75 Å². The zero-order valence-corrected chi connectivity index (χ0v) is 23.6. The summed E-state index contributed by atoms with van der Waals surface area (Å²) in [5, 5.41) is 14.4. The van der Waals surface area contributed by atoms with E-state index in [2.05, 4.69) is 23.8 Å². The molecule has 9 heteroatoms. The van der Waals surface area contributed by atoms with E-state index in [1.807, 2.05) is 54.6 Å². The molecule has 0 bridgehead atoms. The molecular formula is C32H42N2O7. The van der Waals surface area contributed by atoms with Gasteiger partial charge in [-0.2, -0.15) is 0 Å². The molecule has 0 saturated carbocycles. The Hall–Kier alpha value is -3.95. The number of nitrogens with one attached hydrogen (secondary N) is 2. The van der Waals surface area contributed by atoms with Gasteiger partial charge in [-0.1, -0.05) is 54.6 Å². The van der Waals surface area contributed by atoms with Gasteiger partial charge >= 0.3 is 5.97 Å². The number of hydrogen-bond donors (Lipinski definition) is 3. The van der Waals surface area contributed by atoms with Crippen molar-refractivity contribution in [3.63, 3.8) is 0 Å². The Bertz CT molecular complexity index is 1070. The average Bonchev–Trinajstić information content (AvgIpc) is 2.98. The van der Waals surface area contributed by atoms with E-state index in [0.717, 1.165) is 11.1 Å². The second-order valence-corrected chi connectivity index (χ2v) is 9.45. The lowest BCUT2D eigenvalue weighted by Gasteiger charge is -2.22. The number of hydrogen-bond acceptors (Lipinski definition) is 7. The van der Waals surface area contributed by atoms with Gasteiger partial charge in [0, 0.05) is 19.4 Å². The highest BCUT2D eigenvalue weighted by molar-refractivity contribution is 5.86. The quantitative estimate of drug-likeness (QED) is 0.120. The molecule has 3 N–H and O–H groups in total. The zero-order valence-electron chi connectivity index (χ0n) is 23.6. The molecular weight excluding hydrogens is 524 g/mol. The molecule has 2 atom stereocenters. The van der Waals surface area contributed by atoms with Crippen molar-refractivity contribution < 1.29 is 33.7 Å². The molecule has 0 aliphatic heterocycles. The highest BCUT2D eigenvalue weighted by atomic mass is 16.5. The third-order valence-electron chi connectivity index (χ3n) is 6.06. The fraction of sp³-hybridized carbons (Fsp3) is 0.406. The van der Waals surface area contributed by atoms with E-state index < -0.39 is 12.0 Å². The van der Waals surface area contributed by atoms with Crippen LogP contribution < -0.4 is 15.4 Å². The van der Waals surface area contributed by atoms with Crippen LogP contribution in [0.2, 0.25) is 0 Å². The van der Waals surface area contributed by atoms with Gasteiger partial charge in [-0.25, -0.2) is 0 Å². The average molecular weight is 567 g/mol. The number of allylic oxidation sites excluding steroid dienone is 2. The predicted molar refractivity (Wildman–Crippen MR) is 157 cm³/mol. The molecule has 2 unspecified atom stereocenters. The molecule has 0 spiro atoms. The lowest BCUT2D eigenvalue weighted by molar-refractivity contribution is -0.145. The number of carbonyl (C=O) groups is 3. The first kappa shape index (κ1) is 33.3. The number of ether oxygens (including phenoxy) is 3. The van der Waals surface area contributed by atoms with Gasteiger partial charge in [-0.3, -0.25) is 14.4 Å². The summed E-state index contributed by atoms with van der Waals surface area (Å²) in [7, 11) is 0. The maximum absolute atomic E-state index is 13.2. The van der Waals surface area contributed by atoms with Gasteiger partial charge in [0.05, 0.1) is 31.8 Å². The van der Waals surface area contributed by atoms with Gasteiger partial charge in [-0.05, 0) is 42.5 Å². The van der Waals surface area contributed by atoms with Crippen LogP contribution in [0.4, 0.5) is 0 Å². The molecule has 2 aromatic carbocycles. The number of carbonyl (C=O) groups excluding carboxylic acids is 3. The number of aliphatic hydroxyl groups excluding tert-OH is 1. The monoisotopic (exact) mass is 566 g/mol. The van der Waals surface area contributed by atoms with Gasteiger partial charge in [0.25, 0.3) is 0 Å². The highest BCUT2D eigenvalue weighted by Crippen LogP contribution is 2.17. The number of amides is 2. The topological polar surface area (TPSA) is 123 Å². The van der Waals surface area contributed by atoms with E-state index in [9.17, 15) is 14.4 Å². The maximum Gasteiger partial charge on any atom is 0.306 e. The molecule has 0 radical (unpaired) electrons. The predicted octanol–water partition coefficient (Wildman–Crippen LogP) is 3.51. The number of aliphatic hydroxyl groups is 1. The van der Waals surface area contributed by atoms with Crippen LogP contribution >= 0.6 is 0 Å². The SMILES string of the molecule is C=CCCC(=O)OCC(Cc1ccc(OCc2ccccc2)cc1)NC(=O)C(CC=C)CC(=O)NCCOCCO. The normalized spacial score (nSPS) is 12.0. The standard InChI is InChI=1S/C32H42N2O7/c1-3-5-12-31(37)41-24-28(21-25-13-15-29(16-14-25)40-23-26-10-7-6-8-11-26)34-32(38)27(9-4-2)22-30(36)33-17-19-39-20-18-35/h3-4,6-8,10-11,13-16,27-28,35H,1-2,5,9,12,17-24H2,(H,33,36)(H,34,38). The van der Waals surface area contributed by atoms with Crippen molar-refractivity contribution in [1.29, 1.82) is 0 Å². The van der Waals surface area contributed by atoms with Crippen LogP contribution in [-0.4, -0.2) is 61.9 Å². The minimum absolute atomic E-state index is 0.0107. The molecule has 0 aliphatic carbocycles. The summed E-state index contributed by atoms with van der Waals surface area (Å²) < 4.78 is 16.4. The summed E-state index contributed by atoms with van der Waals surface area (Å²) in [6.45, 7) is 8.42. The summed E-state index contributed by atoms with van der Waals surface area (Å²) in [6, 6.07) is 16.9. The van der Waals surface area contributed by atoms with Gasteiger partial charge in [0.15, 0.2) is 0 Å². The Kier molecular flexibility index (Phi) is 16.2. The van der Waals surface area contributed by atoms with Crippen molar-refractivity contribution in [1.82, 2.24) is 10.6 Å². The molecule has 41 heavy (non-hydrogen) atoms. The van der Waals surface area contributed by atoms with Crippen LogP contribution in [0, 0.1) is 5.92 Å². The van der Waals surface area contributed by atoms with E-state index in [0.29, 0.717) is 31.6 Å². The molecule has 2 aromatic rings. The van der Waals surface area contributed by atoms with Gasteiger partial charge in [0.1, 0.15) is 19.0 Å². The minimum Gasteiger partial charge on any atom is -0.489 e. The van der Waals surface area contributed by atoms with Crippen LogP contribution in [0.25, 0.3) is 0 Å². The van der Waals surface area contributed by atoms with Crippen molar-refractivity contribution >= 4 is 17.8 Å². The number of rotatable bonds is 21. The van der Waals surface area contributed by atoms with Crippen LogP contribution in [-0.2, 0) is 36.9 Å². The number of benzene rings is 2. The fourth-order valence-electron chi connectivity index (χ4n) is 3.91. The Labute approximate surface area is 242 Å². The van der Waals surface area contributed by atoms with Gasteiger partial charge < -0.3 is 30.0 Å². The van der Waals surface area contributed by atoms with Gasteiger partial charge in [0.2, 0.25) is 11.8 Å². The molecule has 0 saturated heterocycles. The van der Waals surface area contributed by atoms with E-state index >= 15 is 0 Å². The number of esters is 1. The first-order chi connectivity index (χ1) is 19.9. The lowest BCUT2D eigenvalue weighted by atomic mass is 9.98. The van der Waals surface area contributed by atoms with Crippen LogP contribution in [0.3, 0.4) is 0 Å². The summed E-state index contributed by atoms with van der Waals surface area (Å²) in [5.41, 5.74) is 1.99. The Morgan fingerprint density at radius 2 is 1.71 bits per heavy atom. The van der Waals surface area contributed by atoms with E-state index in [4.69, 9.17) is 19.3 Å². The molecule has 0 aromatic heterocycles. The molecule has 2 rings (SSSR count). The third kappa shape index (κ3) is 14.3. The second-order valence-electron chi connectivity index (χ2n) is 9.45. The minimum atomic E-state index is -0.640. The van der Waals surface area contributed by atoms with E-state index in [1.165, 1.54) is 0 Å². The first-order valence-corrected chi connectivity index (χ1v) is 13.8. The maximum atomic E-state index is 13.2. The lowest BCUT2D eigenvalue weighted by Crippen LogP contribution is -2.44.